The molecule has 0 bridgehead atoms. The predicted octanol–water partition coefficient (Wildman–Crippen LogP) is 6.86. The van der Waals surface area contributed by atoms with Gasteiger partial charge in [0.05, 0.1) is 28.4 Å². The van der Waals surface area contributed by atoms with Gasteiger partial charge in [0.25, 0.3) is 0 Å². The quantitative estimate of drug-likeness (QED) is 0.150. The predicted molar refractivity (Wildman–Crippen MR) is 159 cm³/mol. The minimum Gasteiger partial charge on any atom is -0.496 e. The van der Waals surface area contributed by atoms with Gasteiger partial charge in [0.15, 0.2) is 0 Å². The van der Waals surface area contributed by atoms with E-state index in [-0.39, 0.29) is 362 Å². The van der Waals surface area contributed by atoms with Crippen LogP contribution in [0.15, 0.2) is 72.8 Å². The third-order valence-corrected chi connectivity index (χ3v) is 4.33. The Hall–Kier alpha value is 5.61. The zero-order valence-corrected chi connectivity index (χ0v) is 55.4. The number of para-hydroxylation sites is 3. The van der Waals surface area contributed by atoms with E-state index in [9.17, 15) is 14.4 Å². The maximum Gasteiger partial charge on any atom is 0.347 e. The summed E-state index contributed by atoms with van der Waals surface area (Å²) in [4.78, 5) is 34.9. The third kappa shape index (κ3) is 33.7. The zero-order chi connectivity index (χ0) is 24.2. The van der Waals surface area contributed by atoms with Crippen LogP contribution in [0.2, 0.25) is 0 Å². The van der Waals surface area contributed by atoms with Crippen molar-refractivity contribution in [3.05, 3.63) is 134 Å². The van der Waals surface area contributed by atoms with E-state index in [2.05, 4.69) is 9.47 Å². The molecule has 3 aromatic carbocycles. The van der Waals surface area contributed by atoms with Gasteiger partial charge in [0.2, 0.25) is 0 Å². The number of methoxy groups -OCH3 is 4. The second-order valence-electron chi connectivity index (χ2n) is 6.27. The molecule has 0 fully saturated rings. The van der Waals surface area contributed by atoms with E-state index in [4.69, 9.17) is 14.2 Å². The van der Waals surface area contributed by atoms with E-state index in [1.54, 1.807) is 60.7 Å². The molecule has 0 heterocycles. The van der Waals surface area contributed by atoms with Crippen LogP contribution in [0.4, 0.5) is 0 Å². The van der Waals surface area contributed by atoms with Gasteiger partial charge >= 0.3 is 17.9 Å². The molecule has 0 atom stereocenters. The van der Waals surface area contributed by atoms with E-state index in [0.29, 0.717) is 17.1 Å². The summed E-state index contributed by atoms with van der Waals surface area (Å²) < 4.78 is 24.6. The van der Waals surface area contributed by atoms with Gasteiger partial charge in [-0.1, -0.05) is 36.4 Å². The SMILES string of the molecule is COC(=O)c1ccccc1OC.COC(=O)c1ccccc1OC(=O)c1ccccc1OC.[CH3-].[CH3-].[CH3-].[CH3-].[CH3-].[CH3-].[Y].[Y].[Y].[Y].[Y].[Y].[Y].[Y].[Y]. The maximum absolute atomic E-state index is 12.2. The first-order chi connectivity index (χ1) is 16.0. The number of benzene rings is 3. The molecule has 0 saturated carbocycles. The molecule has 0 N–H and O–H groups in total. The van der Waals surface area contributed by atoms with Crippen LogP contribution >= 0.6 is 0 Å². The number of ether oxygens (including phenoxy) is 5. The van der Waals surface area contributed by atoms with Crippen LogP contribution in [0.3, 0.4) is 0 Å². The van der Waals surface area contributed by atoms with E-state index >= 15 is 0 Å². The molecular weight excluding hydrogens is 1300 g/mol. The Balaban J connectivity index is -0.0000000325. The van der Waals surface area contributed by atoms with Crippen LogP contribution in [-0.4, -0.2) is 46.3 Å². The molecule has 9 radical (unpaired) electrons. The normalized spacial score (nSPS) is 6.58. The van der Waals surface area contributed by atoms with Crippen LogP contribution in [0.25, 0.3) is 0 Å². The molecule has 0 aliphatic heterocycles. The number of hydrogen-bond acceptors (Lipinski definition) is 8. The van der Waals surface area contributed by atoms with E-state index in [1.807, 2.05) is 0 Å². The van der Waals surface area contributed by atoms with Crippen molar-refractivity contribution in [1.82, 2.24) is 0 Å². The Labute approximate surface area is 518 Å². The van der Waals surface area contributed by atoms with Gasteiger partial charge in [-0.05, 0) is 36.4 Å². The van der Waals surface area contributed by atoms with E-state index < -0.39 is 11.9 Å². The molecule has 0 amide bonds. The van der Waals surface area contributed by atoms with Crippen LogP contribution in [0, 0.1) is 44.6 Å². The van der Waals surface area contributed by atoms with Gasteiger partial charge in [-0.15, -0.1) is 0 Å². The van der Waals surface area contributed by atoms with Gasteiger partial charge < -0.3 is 68.2 Å². The summed E-state index contributed by atoms with van der Waals surface area (Å²) in [6.07, 6.45) is 0. The average Bonchev–Trinajstić information content (AvgIpc) is 2.88. The van der Waals surface area contributed by atoms with Crippen LogP contribution < -0.4 is 14.2 Å². The van der Waals surface area contributed by atoms with Crippen molar-refractivity contribution in [1.29, 1.82) is 0 Å². The van der Waals surface area contributed by atoms with Gasteiger partial charge in [0, 0.05) is 294 Å². The molecule has 0 unspecified atom stereocenters. The second kappa shape index (κ2) is 56.9. The molecule has 3 aromatic rings. The summed E-state index contributed by atoms with van der Waals surface area (Å²) in [6, 6.07) is 20.0. The van der Waals surface area contributed by atoms with Crippen molar-refractivity contribution >= 4 is 17.9 Å². The van der Waals surface area contributed by atoms with Crippen molar-refractivity contribution in [3.63, 3.8) is 0 Å². The van der Waals surface area contributed by atoms with Crippen LogP contribution in [0.5, 0.6) is 17.2 Å². The van der Waals surface area contributed by atoms with E-state index in [1.165, 1.54) is 40.6 Å². The molecule has 0 aliphatic carbocycles. The fourth-order valence-electron chi connectivity index (χ4n) is 2.73. The van der Waals surface area contributed by atoms with Gasteiger partial charge in [-0.25, -0.2) is 14.4 Å². The first kappa shape index (κ1) is 94.6. The molecular formula is C31H42O8Y9-6. The minimum absolute atomic E-state index is 0. The Bertz CT molecular complexity index is 1140. The summed E-state index contributed by atoms with van der Waals surface area (Å²) in [5, 5.41) is 0. The number of hydrogen-bond donors (Lipinski definition) is 0. The summed E-state index contributed by atoms with van der Waals surface area (Å²) >= 11 is 0. The first-order valence-electron chi connectivity index (χ1n) is 9.70. The van der Waals surface area contributed by atoms with Crippen molar-refractivity contribution in [2.75, 3.05) is 28.4 Å². The molecule has 0 spiro atoms. The molecule has 8 nitrogen and oxygen atoms in total. The number of carbonyl (C=O) groups is 3. The van der Waals surface area contributed by atoms with Crippen LogP contribution in [0.1, 0.15) is 31.1 Å². The van der Waals surface area contributed by atoms with Crippen molar-refractivity contribution in [3.8, 4) is 17.2 Å². The Morgan fingerprint density at radius 3 is 0.875 bits per heavy atom. The zero-order valence-electron chi connectivity index (χ0n) is 29.9. The Morgan fingerprint density at radius 2 is 0.604 bits per heavy atom. The molecule has 17 heteroatoms. The molecule has 0 aromatic heterocycles. The van der Waals surface area contributed by atoms with Crippen molar-refractivity contribution in [2.24, 2.45) is 0 Å². The smallest absolute Gasteiger partial charge is 0.347 e. The Morgan fingerprint density at radius 1 is 0.375 bits per heavy atom. The van der Waals surface area contributed by atoms with E-state index in [0.717, 1.165) is 0 Å². The van der Waals surface area contributed by atoms with Gasteiger partial charge in [0.1, 0.15) is 33.9 Å². The summed E-state index contributed by atoms with van der Waals surface area (Å²) in [7, 11) is 5.59. The van der Waals surface area contributed by atoms with Gasteiger partial charge in [-0.3, -0.25) is 0 Å². The fraction of sp³-hybridized carbons (Fsp3) is 0.129. The van der Waals surface area contributed by atoms with Gasteiger partial charge in [-0.2, -0.15) is 0 Å². The van der Waals surface area contributed by atoms with Crippen LogP contribution in [-0.2, 0) is 304 Å². The summed E-state index contributed by atoms with van der Waals surface area (Å²) in [5.74, 6) is -0.489. The number of esters is 3. The fourth-order valence-corrected chi connectivity index (χ4v) is 2.73. The minimum atomic E-state index is -0.608. The summed E-state index contributed by atoms with van der Waals surface area (Å²) in [5.41, 5.74) is 0.908. The summed E-state index contributed by atoms with van der Waals surface area (Å²) in [6.45, 7) is 0. The largest absolute Gasteiger partial charge is 0.496 e. The molecule has 0 aliphatic rings. The second-order valence-corrected chi connectivity index (χ2v) is 6.27. The van der Waals surface area contributed by atoms with Crippen molar-refractivity contribution < 1.29 is 332 Å². The topological polar surface area (TPSA) is 97.4 Å². The third-order valence-electron chi connectivity index (χ3n) is 4.33. The molecule has 3 rings (SSSR count). The van der Waals surface area contributed by atoms with Crippen molar-refractivity contribution in [2.45, 2.75) is 0 Å². The maximum atomic E-state index is 12.2. The Kier molecular flexibility index (Phi) is 112. The molecule has 48 heavy (non-hydrogen) atoms. The monoisotopic (exact) mass is 1340 g/mol. The standard InChI is InChI=1S/C16H14O5.C9H10O3.6CH3.9Y/c1-19-13-9-5-3-7-11(13)16(18)21-14-10-6-4-8-12(14)15(17)20-2;1-11-8-6-4-3-5-7(8)9(10)12-2;;;;;;;;;;;;;;;/h3-10H,1-2H3;3-6H,1-2H3;6*1H3;;;;;;;;;/q;;6*-1;;;;;;;;;. The number of carbonyl (C=O) groups excluding carboxylic acids is 3. The molecule has 0 saturated heterocycles. The first-order valence-corrected chi connectivity index (χ1v) is 9.70. The average molecular weight is 1340 g/mol. The number of rotatable bonds is 6. The molecule has 247 valence electrons.